The Hall–Kier alpha value is -1.08. The van der Waals surface area contributed by atoms with Crippen LogP contribution >= 0.6 is 11.8 Å². The van der Waals surface area contributed by atoms with E-state index in [0.717, 1.165) is 12.3 Å². The fourth-order valence-electron chi connectivity index (χ4n) is 1.39. The molecule has 1 aromatic rings. The van der Waals surface area contributed by atoms with Gasteiger partial charge in [-0.15, -0.1) is 10.2 Å². The Morgan fingerprint density at radius 3 is 2.83 bits per heavy atom. The number of likely N-dealkylation sites (N-methyl/N-ethyl adjacent to an activating group) is 1. The molecule has 7 heteroatoms. The molecule has 0 bridgehead atoms. The average Bonchev–Trinajstić information content (AvgIpc) is 2.74. The summed E-state index contributed by atoms with van der Waals surface area (Å²) in [4.78, 5) is 11.6. The van der Waals surface area contributed by atoms with Crippen LogP contribution in [0.25, 0.3) is 0 Å². The van der Waals surface area contributed by atoms with Gasteiger partial charge in [0, 0.05) is 12.7 Å². The van der Waals surface area contributed by atoms with Gasteiger partial charge in [-0.2, -0.15) is 0 Å². The zero-order chi connectivity index (χ0) is 13.4. The topological polar surface area (TPSA) is 77.3 Å². The molecule has 0 aliphatic carbocycles. The van der Waals surface area contributed by atoms with E-state index < -0.39 is 0 Å². The van der Waals surface area contributed by atoms with E-state index in [2.05, 4.69) is 15.5 Å². The van der Waals surface area contributed by atoms with E-state index in [1.165, 1.54) is 11.8 Å². The highest BCUT2D eigenvalue weighted by Crippen LogP contribution is 2.17. The molecule has 0 aliphatic rings. The van der Waals surface area contributed by atoms with Crippen molar-refractivity contribution in [1.82, 2.24) is 15.5 Å². The van der Waals surface area contributed by atoms with Crippen molar-refractivity contribution in [2.24, 2.45) is 0 Å². The highest BCUT2D eigenvalue weighted by molar-refractivity contribution is 7.99. The summed E-state index contributed by atoms with van der Waals surface area (Å²) in [6.45, 7) is 6.64. The van der Waals surface area contributed by atoms with E-state index in [0.29, 0.717) is 24.1 Å². The Labute approximate surface area is 111 Å². The number of aryl methyl sites for hydroxylation is 1. The standard InChI is InChI=1S/C11H19N3O3S/c1-4-12-9(10(15)16-5-2)6-7-18-11-14-13-8(3)17-11/h9,12H,4-7H2,1-3H3. The van der Waals surface area contributed by atoms with E-state index in [1.54, 1.807) is 13.8 Å². The minimum atomic E-state index is -0.272. The monoisotopic (exact) mass is 273 g/mol. The van der Waals surface area contributed by atoms with Crippen molar-refractivity contribution < 1.29 is 13.9 Å². The molecule has 1 atom stereocenters. The summed E-state index contributed by atoms with van der Waals surface area (Å²) in [7, 11) is 0. The molecule has 0 fully saturated rings. The van der Waals surface area contributed by atoms with Gasteiger partial charge in [0.15, 0.2) is 0 Å². The summed E-state index contributed by atoms with van der Waals surface area (Å²) in [6, 6.07) is -0.272. The maximum absolute atomic E-state index is 11.6. The number of rotatable bonds is 8. The van der Waals surface area contributed by atoms with Crippen LogP contribution in [-0.2, 0) is 9.53 Å². The largest absolute Gasteiger partial charge is 0.465 e. The first-order chi connectivity index (χ1) is 8.67. The predicted octanol–water partition coefficient (Wildman–Crippen LogP) is 1.40. The second kappa shape index (κ2) is 8.10. The number of esters is 1. The van der Waals surface area contributed by atoms with E-state index in [1.807, 2.05) is 6.92 Å². The lowest BCUT2D eigenvalue weighted by Gasteiger charge is -2.15. The van der Waals surface area contributed by atoms with Crippen LogP contribution in [0.4, 0.5) is 0 Å². The van der Waals surface area contributed by atoms with Crippen LogP contribution in [0.15, 0.2) is 9.64 Å². The van der Waals surface area contributed by atoms with Gasteiger partial charge in [-0.05, 0) is 19.9 Å². The Balaban J connectivity index is 2.35. The van der Waals surface area contributed by atoms with Crippen LogP contribution in [0.3, 0.4) is 0 Å². The first kappa shape index (κ1) is 15.0. The van der Waals surface area contributed by atoms with Gasteiger partial charge in [-0.25, -0.2) is 0 Å². The Morgan fingerprint density at radius 2 is 2.28 bits per heavy atom. The number of hydrogen-bond acceptors (Lipinski definition) is 7. The van der Waals surface area contributed by atoms with Crippen molar-refractivity contribution in [3.05, 3.63) is 5.89 Å². The Morgan fingerprint density at radius 1 is 1.50 bits per heavy atom. The van der Waals surface area contributed by atoms with Crippen LogP contribution in [0.2, 0.25) is 0 Å². The number of nitrogens with one attached hydrogen (secondary N) is 1. The summed E-state index contributed by atoms with van der Waals surface area (Å²) in [5.41, 5.74) is 0. The first-order valence-corrected chi connectivity index (χ1v) is 6.98. The van der Waals surface area contributed by atoms with Crippen molar-refractivity contribution in [2.75, 3.05) is 18.9 Å². The molecular formula is C11H19N3O3S. The van der Waals surface area contributed by atoms with Crippen LogP contribution in [-0.4, -0.2) is 41.1 Å². The molecule has 1 heterocycles. The molecule has 0 radical (unpaired) electrons. The number of aromatic nitrogens is 2. The van der Waals surface area contributed by atoms with Gasteiger partial charge in [-0.3, -0.25) is 4.79 Å². The summed E-state index contributed by atoms with van der Waals surface area (Å²) < 4.78 is 10.2. The molecule has 0 amide bonds. The number of hydrogen-bond donors (Lipinski definition) is 1. The minimum Gasteiger partial charge on any atom is -0.465 e. The lowest BCUT2D eigenvalue weighted by molar-refractivity contribution is -0.145. The van der Waals surface area contributed by atoms with Gasteiger partial charge in [0.1, 0.15) is 6.04 Å². The number of nitrogens with zero attached hydrogens (tertiary/aromatic N) is 2. The van der Waals surface area contributed by atoms with Crippen molar-refractivity contribution in [3.8, 4) is 0 Å². The maximum atomic E-state index is 11.6. The van der Waals surface area contributed by atoms with Gasteiger partial charge in [0.25, 0.3) is 5.22 Å². The van der Waals surface area contributed by atoms with Gasteiger partial charge in [-0.1, -0.05) is 18.7 Å². The quantitative estimate of drug-likeness (QED) is 0.566. The average molecular weight is 273 g/mol. The number of carbonyl (C=O) groups is 1. The molecule has 1 unspecified atom stereocenters. The third-order valence-corrected chi connectivity index (χ3v) is 3.01. The predicted molar refractivity (Wildman–Crippen MR) is 68.5 cm³/mol. The third kappa shape index (κ3) is 5.05. The summed E-state index contributed by atoms with van der Waals surface area (Å²) in [5.74, 6) is 1.06. The number of carbonyl (C=O) groups excluding carboxylic acids is 1. The highest BCUT2D eigenvalue weighted by atomic mass is 32.2. The van der Waals surface area contributed by atoms with Crippen molar-refractivity contribution in [2.45, 2.75) is 38.5 Å². The fraction of sp³-hybridized carbons (Fsp3) is 0.727. The highest BCUT2D eigenvalue weighted by Gasteiger charge is 2.18. The van der Waals surface area contributed by atoms with Crippen LogP contribution in [0.1, 0.15) is 26.2 Å². The molecule has 1 aromatic heterocycles. The van der Waals surface area contributed by atoms with Crippen LogP contribution in [0, 0.1) is 6.92 Å². The minimum absolute atomic E-state index is 0.207. The lowest BCUT2D eigenvalue weighted by Crippen LogP contribution is -2.38. The molecular weight excluding hydrogens is 254 g/mol. The maximum Gasteiger partial charge on any atom is 0.323 e. The van der Waals surface area contributed by atoms with Crippen molar-refractivity contribution in [1.29, 1.82) is 0 Å². The lowest BCUT2D eigenvalue weighted by atomic mass is 10.2. The molecule has 0 aliphatic heterocycles. The number of ether oxygens (including phenoxy) is 1. The second-order valence-electron chi connectivity index (χ2n) is 3.59. The second-order valence-corrected chi connectivity index (χ2v) is 4.63. The van der Waals surface area contributed by atoms with E-state index >= 15 is 0 Å². The molecule has 1 rings (SSSR count). The summed E-state index contributed by atoms with van der Waals surface area (Å²) >= 11 is 1.44. The smallest absolute Gasteiger partial charge is 0.323 e. The first-order valence-electron chi connectivity index (χ1n) is 6.00. The molecule has 18 heavy (non-hydrogen) atoms. The van der Waals surface area contributed by atoms with E-state index in [9.17, 15) is 4.79 Å². The molecule has 6 nitrogen and oxygen atoms in total. The van der Waals surface area contributed by atoms with Gasteiger partial charge < -0.3 is 14.5 Å². The van der Waals surface area contributed by atoms with Gasteiger partial charge in [0.2, 0.25) is 5.89 Å². The van der Waals surface area contributed by atoms with Gasteiger partial charge in [0.05, 0.1) is 6.61 Å². The van der Waals surface area contributed by atoms with E-state index in [-0.39, 0.29) is 12.0 Å². The van der Waals surface area contributed by atoms with Crippen molar-refractivity contribution >= 4 is 17.7 Å². The van der Waals surface area contributed by atoms with E-state index in [4.69, 9.17) is 9.15 Å². The Kier molecular flexibility index (Phi) is 6.74. The normalized spacial score (nSPS) is 12.4. The molecule has 0 aromatic carbocycles. The molecule has 1 N–H and O–H groups in total. The van der Waals surface area contributed by atoms with Crippen LogP contribution in [0.5, 0.6) is 0 Å². The molecule has 102 valence electrons. The zero-order valence-corrected chi connectivity index (χ0v) is 11.7. The van der Waals surface area contributed by atoms with Crippen molar-refractivity contribution in [3.63, 3.8) is 0 Å². The summed E-state index contributed by atoms with van der Waals surface area (Å²) in [6.07, 6.45) is 0.665. The Bertz CT molecular complexity index is 370. The third-order valence-electron chi connectivity index (χ3n) is 2.16. The number of thioether (sulfide) groups is 1. The molecule has 0 saturated carbocycles. The van der Waals surface area contributed by atoms with Gasteiger partial charge >= 0.3 is 5.97 Å². The SMILES string of the molecule is CCNC(CCSc1nnc(C)o1)C(=O)OCC. The summed E-state index contributed by atoms with van der Waals surface area (Å²) in [5, 5.41) is 11.3. The van der Waals surface area contributed by atoms with Crippen LogP contribution < -0.4 is 5.32 Å². The molecule has 0 spiro atoms. The fourth-order valence-corrected chi connectivity index (χ4v) is 2.20. The molecule has 0 saturated heterocycles. The zero-order valence-electron chi connectivity index (χ0n) is 10.9.